The van der Waals surface area contributed by atoms with Crippen molar-refractivity contribution >= 4 is 5.97 Å². The van der Waals surface area contributed by atoms with E-state index < -0.39 is 5.97 Å². The maximum atomic E-state index is 10.6. The third kappa shape index (κ3) is 2.69. The van der Waals surface area contributed by atoms with Gasteiger partial charge in [0.2, 0.25) is 0 Å². The third-order valence-electron chi connectivity index (χ3n) is 2.74. The first-order valence-electron chi connectivity index (χ1n) is 5.21. The lowest BCUT2D eigenvalue weighted by Crippen LogP contribution is -1.98. The van der Waals surface area contributed by atoms with Crippen molar-refractivity contribution in [2.75, 3.05) is 0 Å². The summed E-state index contributed by atoms with van der Waals surface area (Å²) < 4.78 is 0. The van der Waals surface area contributed by atoms with Crippen LogP contribution < -0.4 is 0 Å². The summed E-state index contributed by atoms with van der Waals surface area (Å²) in [5.41, 5.74) is 1.27. The second-order valence-corrected chi connectivity index (χ2v) is 3.96. The Morgan fingerprint density at radius 3 is 2.73 bits per heavy atom. The van der Waals surface area contributed by atoms with Crippen LogP contribution in [0, 0.1) is 11.8 Å². The molecule has 0 unspecified atom stereocenters. The van der Waals surface area contributed by atoms with Crippen LogP contribution in [-0.2, 0) is 11.2 Å². The molecule has 1 aromatic carbocycles. The molecule has 0 radical (unpaired) electrons. The van der Waals surface area contributed by atoms with E-state index in [2.05, 4.69) is 18.2 Å². The van der Waals surface area contributed by atoms with Crippen molar-refractivity contribution in [1.29, 1.82) is 0 Å². The molecule has 0 saturated heterocycles. The summed E-state index contributed by atoms with van der Waals surface area (Å²) >= 11 is 0. The molecule has 2 atom stereocenters. The number of carboxylic acid groups (broad SMARTS) is 1. The summed E-state index contributed by atoms with van der Waals surface area (Å²) in [5, 5.41) is 8.71. The Kier molecular flexibility index (Phi) is 2.86. The van der Waals surface area contributed by atoms with Crippen LogP contribution >= 0.6 is 0 Å². The Labute approximate surface area is 89.2 Å². The number of carboxylic acids is 1. The predicted molar refractivity (Wildman–Crippen MR) is 58.5 cm³/mol. The second-order valence-electron chi connectivity index (χ2n) is 3.96. The summed E-state index contributed by atoms with van der Waals surface area (Å²) in [6, 6.07) is 10.2. The van der Waals surface area contributed by atoms with Crippen LogP contribution in [0.3, 0.4) is 0 Å². The quantitative estimate of drug-likeness (QED) is 0.762. The fraction of sp³-hybridized carbons (Fsp3) is 0.308. The number of aliphatic carboxylic acids is 1. The average molecular weight is 202 g/mol. The van der Waals surface area contributed by atoms with E-state index in [0.717, 1.165) is 12.8 Å². The van der Waals surface area contributed by atoms with Crippen molar-refractivity contribution in [2.45, 2.75) is 12.8 Å². The van der Waals surface area contributed by atoms with E-state index in [1.807, 2.05) is 24.3 Å². The van der Waals surface area contributed by atoms with Gasteiger partial charge in [0.05, 0.1) is 5.92 Å². The highest BCUT2D eigenvalue weighted by atomic mass is 16.4. The van der Waals surface area contributed by atoms with E-state index in [1.165, 1.54) is 5.56 Å². The number of carbonyl (C=O) groups is 1. The van der Waals surface area contributed by atoms with Crippen molar-refractivity contribution < 1.29 is 9.90 Å². The normalized spacial score (nSPS) is 24.3. The number of rotatable bonds is 4. The highest BCUT2D eigenvalue weighted by Gasteiger charge is 2.40. The zero-order valence-corrected chi connectivity index (χ0v) is 8.47. The largest absolute Gasteiger partial charge is 0.481 e. The van der Waals surface area contributed by atoms with Crippen molar-refractivity contribution in [1.82, 2.24) is 0 Å². The Hall–Kier alpha value is -1.57. The first-order valence-corrected chi connectivity index (χ1v) is 5.21. The van der Waals surface area contributed by atoms with Gasteiger partial charge in [-0.2, -0.15) is 0 Å². The molecule has 78 valence electrons. The van der Waals surface area contributed by atoms with E-state index in [0.29, 0.717) is 0 Å². The molecule has 0 spiro atoms. The van der Waals surface area contributed by atoms with E-state index in [-0.39, 0.29) is 11.8 Å². The Morgan fingerprint density at radius 1 is 1.40 bits per heavy atom. The average Bonchev–Trinajstić information content (AvgIpc) is 2.99. The van der Waals surface area contributed by atoms with E-state index in [1.54, 1.807) is 0 Å². The molecule has 0 heterocycles. The summed E-state index contributed by atoms with van der Waals surface area (Å²) in [4.78, 5) is 10.6. The summed E-state index contributed by atoms with van der Waals surface area (Å²) in [6.07, 6.45) is 5.80. The van der Waals surface area contributed by atoms with Crippen molar-refractivity contribution in [3.63, 3.8) is 0 Å². The van der Waals surface area contributed by atoms with Gasteiger partial charge in [-0.25, -0.2) is 0 Å². The molecule has 1 fully saturated rings. The van der Waals surface area contributed by atoms with Crippen molar-refractivity contribution in [3.05, 3.63) is 48.0 Å². The maximum Gasteiger partial charge on any atom is 0.307 e. The van der Waals surface area contributed by atoms with E-state index in [9.17, 15) is 4.79 Å². The van der Waals surface area contributed by atoms with Crippen LogP contribution in [-0.4, -0.2) is 11.1 Å². The molecule has 1 aliphatic rings. The highest BCUT2D eigenvalue weighted by Crippen LogP contribution is 2.39. The minimum absolute atomic E-state index is 0.128. The fourth-order valence-electron chi connectivity index (χ4n) is 1.70. The lowest BCUT2D eigenvalue weighted by atomic mass is 10.1. The number of allylic oxidation sites excluding steroid dienone is 2. The Balaban J connectivity index is 1.80. The maximum absolute atomic E-state index is 10.6. The van der Waals surface area contributed by atoms with Crippen molar-refractivity contribution in [3.8, 4) is 0 Å². The zero-order chi connectivity index (χ0) is 10.7. The molecule has 0 aliphatic heterocycles. The van der Waals surface area contributed by atoms with Gasteiger partial charge < -0.3 is 5.11 Å². The fourth-order valence-corrected chi connectivity index (χ4v) is 1.70. The standard InChI is InChI=1S/C13H14O2/c14-13(15)12-9-11(12)8-4-7-10-5-2-1-3-6-10/h1-6,8,11-12H,7,9H2,(H,14,15)/b8-4+/t11-,12+/m0/s1. The zero-order valence-electron chi connectivity index (χ0n) is 8.47. The van der Waals surface area contributed by atoms with E-state index >= 15 is 0 Å². The van der Waals surface area contributed by atoms with Crippen LogP contribution in [0.4, 0.5) is 0 Å². The second kappa shape index (κ2) is 4.30. The topological polar surface area (TPSA) is 37.3 Å². The van der Waals surface area contributed by atoms with Gasteiger partial charge in [0.25, 0.3) is 0 Å². The van der Waals surface area contributed by atoms with Gasteiger partial charge in [0.15, 0.2) is 0 Å². The lowest BCUT2D eigenvalue weighted by molar-refractivity contribution is -0.138. The summed E-state index contributed by atoms with van der Waals surface area (Å²) in [5.74, 6) is -0.521. The van der Waals surface area contributed by atoms with Gasteiger partial charge in [-0.15, -0.1) is 0 Å². The first-order chi connectivity index (χ1) is 7.27. The molecule has 1 saturated carbocycles. The molecule has 2 nitrogen and oxygen atoms in total. The van der Waals surface area contributed by atoms with Crippen LogP contribution in [0.1, 0.15) is 12.0 Å². The van der Waals surface area contributed by atoms with E-state index in [4.69, 9.17) is 5.11 Å². The molecule has 2 rings (SSSR count). The highest BCUT2D eigenvalue weighted by molar-refractivity contribution is 5.73. The molecule has 0 bridgehead atoms. The van der Waals surface area contributed by atoms with Gasteiger partial charge in [0.1, 0.15) is 0 Å². The van der Waals surface area contributed by atoms with Gasteiger partial charge in [-0.3, -0.25) is 4.79 Å². The van der Waals surface area contributed by atoms with Crippen LogP contribution in [0.25, 0.3) is 0 Å². The molecule has 2 heteroatoms. The minimum Gasteiger partial charge on any atom is -0.481 e. The Bertz CT molecular complexity index is 367. The van der Waals surface area contributed by atoms with Crippen LogP contribution in [0.2, 0.25) is 0 Å². The number of hydrogen-bond acceptors (Lipinski definition) is 1. The van der Waals surface area contributed by atoms with Crippen LogP contribution in [0.15, 0.2) is 42.5 Å². The Morgan fingerprint density at radius 2 is 2.13 bits per heavy atom. The summed E-state index contributed by atoms with van der Waals surface area (Å²) in [7, 11) is 0. The number of benzene rings is 1. The SMILES string of the molecule is O=C(O)[C@@H]1C[C@@H]1/C=C/Cc1ccccc1. The molecule has 1 aromatic rings. The monoisotopic (exact) mass is 202 g/mol. The van der Waals surface area contributed by atoms with Gasteiger partial charge in [0, 0.05) is 0 Å². The first kappa shape index (κ1) is 9.97. The third-order valence-corrected chi connectivity index (χ3v) is 2.74. The molecule has 1 N–H and O–H groups in total. The van der Waals surface area contributed by atoms with Crippen LogP contribution in [0.5, 0.6) is 0 Å². The van der Waals surface area contributed by atoms with Gasteiger partial charge in [-0.05, 0) is 24.3 Å². The smallest absolute Gasteiger partial charge is 0.307 e. The lowest BCUT2D eigenvalue weighted by Gasteiger charge is -1.93. The number of hydrogen-bond donors (Lipinski definition) is 1. The molecule has 0 aromatic heterocycles. The molecular weight excluding hydrogens is 188 g/mol. The van der Waals surface area contributed by atoms with Gasteiger partial charge in [-0.1, -0.05) is 42.5 Å². The minimum atomic E-state index is -0.663. The predicted octanol–water partition coefficient (Wildman–Crippen LogP) is 2.51. The molecular formula is C13H14O2. The summed E-state index contributed by atoms with van der Waals surface area (Å²) in [6.45, 7) is 0. The molecule has 1 aliphatic carbocycles. The molecule has 15 heavy (non-hydrogen) atoms. The molecule has 0 amide bonds. The van der Waals surface area contributed by atoms with Gasteiger partial charge >= 0.3 is 5.97 Å². The van der Waals surface area contributed by atoms with Crippen molar-refractivity contribution in [2.24, 2.45) is 11.8 Å².